The molecule has 0 saturated heterocycles. The summed E-state index contributed by atoms with van der Waals surface area (Å²) in [5.41, 5.74) is 0.531. The molecule has 0 heterocycles. The summed E-state index contributed by atoms with van der Waals surface area (Å²) in [5.74, 6) is 0. The molecule has 0 aliphatic carbocycles. The Morgan fingerprint density at radius 1 is 0.762 bits per heavy atom. The number of hydrogen-bond acceptors (Lipinski definition) is 1. The largest absolute Gasteiger partial charge is 0.323 e. The van der Waals surface area contributed by atoms with Crippen molar-refractivity contribution in [2.45, 2.75) is 0 Å². The molecule has 2 N–H and O–H groups in total. The van der Waals surface area contributed by atoms with Gasteiger partial charge in [-0.05, 0) is 24.3 Å². The van der Waals surface area contributed by atoms with Gasteiger partial charge in [-0.15, -0.1) is 0 Å². The molecule has 0 radical (unpaired) electrons. The second-order valence-corrected chi connectivity index (χ2v) is 5.99. The fourth-order valence-electron chi connectivity index (χ4n) is 1.54. The van der Waals surface area contributed by atoms with Crippen LogP contribution in [0.5, 0.6) is 0 Å². The van der Waals surface area contributed by atoms with Crippen molar-refractivity contribution in [1.29, 1.82) is 0 Å². The highest BCUT2D eigenvalue weighted by atomic mass is 35.5. The molecule has 0 aliphatic heterocycles. The molecule has 3 nitrogen and oxygen atoms in total. The Labute approximate surface area is 146 Å². The van der Waals surface area contributed by atoms with Crippen molar-refractivity contribution in [2.75, 3.05) is 10.6 Å². The molecule has 2 amide bonds. The first kappa shape index (κ1) is 16.5. The van der Waals surface area contributed by atoms with E-state index in [1.807, 2.05) is 0 Å². The van der Waals surface area contributed by atoms with Crippen molar-refractivity contribution in [1.82, 2.24) is 0 Å². The third kappa shape index (κ3) is 4.09. The summed E-state index contributed by atoms with van der Waals surface area (Å²) >= 11 is 29.7. The normalized spacial score (nSPS) is 10.3. The second-order valence-electron chi connectivity index (χ2n) is 3.92. The fourth-order valence-corrected chi connectivity index (χ4v) is 2.94. The van der Waals surface area contributed by atoms with Gasteiger partial charge in [0.05, 0.1) is 31.5 Å². The Kier molecular flexibility index (Phi) is 5.47. The summed E-state index contributed by atoms with van der Waals surface area (Å²) < 4.78 is 0. The lowest BCUT2D eigenvalue weighted by Crippen LogP contribution is -2.20. The van der Waals surface area contributed by atoms with Crippen molar-refractivity contribution >= 4 is 75.4 Å². The van der Waals surface area contributed by atoms with E-state index in [2.05, 4.69) is 10.6 Å². The Balaban J connectivity index is 2.20. The maximum Gasteiger partial charge on any atom is 0.323 e. The maximum absolute atomic E-state index is 12.0. The fraction of sp³-hybridized carbons (Fsp3) is 0. The first-order valence-electron chi connectivity index (χ1n) is 5.55. The number of anilines is 2. The second kappa shape index (κ2) is 6.95. The molecule has 2 rings (SSSR count). The zero-order valence-corrected chi connectivity index (χ0v) is 14.0. The first-order chi connectivity index (χ1) is 9.88. The van der Waals surface area contributed by atoms with Gasteiger partial charge in [0.25, 0.3) is 0 Å². The van der Waals surface area contributed by atoms with Crippen LogP contribution in [0, 0.1) is 0 Å². The zero-order chi connectivity index (χ0) is 15.6. The van der Waals surface area contributed by atoms with Crippen LogP contribution >= 0.6 is 58.0 Å². The standard InChI is InChI=1S/C13H7Cl5N2O/c14-6-4-9(17)12(10(18)5-6)20-13(21)19-11-7(15)2-1-3-8(11)16/h1-5H,(H2,19,20,21). The number of halogens is 5. The summed E-state index contributed by atoms with van der Waals surface area (Å²) in [4.78, 5) is 12.0. The SMILES string of the molecule is O=C(Nc1c(Cl)cccc1Cl)Nc1c(Cl)cc(Cl)cc1Cl. The van der Waals surface area contributed by atoms with Gasteiger partial charge < -0.3 is 10.6 Å². The van der Waals surface area contributed by atoms with Crippen molar-refractivity contribution < 1.29 is 4.79 Å². The third-order valence-electron chi connectivity index (χ3n) is 2.45. The van der Waals surface area contributed by atoms with Gasteiger partial charge in [0.2, 0.25) is 0 Å². The molecular formula is C13H7Cl5N2O. The lowest BCUT2D eigenvalue weighted by molar-refractivity contribution is 0.262. The van der Waals surface area contributed by atoms with E-state index in [1.54, 1.807) is 18.2 Å². The molecule has 0 aromatic heterocycles. The van der Waals surface area contributed by atoms with Crippen LogP contribution in [0.25, 0.3) is 0 Å². The predicted octanol–water partition coefficient (Wildman–Crippen LogP) is 6.60. The average molecular weight is 384 g/mol. The maximum atomic E-state index is 12.0. The van der Waals surface area contributed by atoms with E-state index >= 15 is 0 Å². The molecule has 2 aromatic carbocycles. The molecule has 8 heteroatoms. The third-order valence-corrected chi connectivity index (χ3v) is 3.89. The minimum Gasteiger partial charge on any atom is -0.305 e. The number of para-hydroxylation sites is 1. The van der Waals surface area contributed by atoms with Crippen LogP contribution in [0.3, 0.4) is 0 Å². The molecule has 110 valence electrons. The number of carbonyl (C=O) groups is 1. The van der Waals surface area contributed by atoms with Gasteiger partial charge >= 0.3 is 6.03 Å². The average Bonchev–Trinajstić information content (AvgIpc) is 2.38. The highest BCUT2D eigenvalue weighted by molar-refractivity contribution is 6.43. The minimum atomic E-state index is -0.587. The molecular weight excluding hydrogens is 377 g/mol. The van der Waals surface area contributed by atoms with Crippen LogP contribution in [-0.4, -0.2) is 6.03 Å². The van der Waals surface area contributed by atoms with E-state index in [4.69, 9.17) is 58.0 Å². The molecule has 0 aliphatic rings. The Morgan fingerprint density at radius 2 is 1.19 bits per heavy atom. The Hall–Kier alpha value is -0.840. The van der Waals surface area contributed by atoms with Crippen LogP contribution in [0.1, 0.15) is 0 Å². The van der Waals surface area contributed by atoms with Gasteiger partial charge in [0, 0.05) is 5.02 Å². The van der Waals surface area contributed by atoms with E-state index in [1.165, 1.54) is 12.1 Å². The van der Waals surface area contributed by atoms with Crippen LogP contribution in [0.4, 0.5) is 16.2 Å². The lowest BCUT2D eigenvalue weighted by Gasteiger charge is -2.12. The van der Waals surface area contributed by atoms with Gasteiger partial charge in [0.1, 0.15) is 0 Å². The number of amides is 2. The van der Waals surface area contributed by atoms with E-state index in [0.29, 0.717) is 20.8 Å². The topological polar surface area (TPSA) is 41.1 Å². The smallest absolute Gasteiger partial charge is 0.305 e. The Morgan fingerprint density at radius 3 is 1.67 bits per heavy atom. The summed E-state index contributed by atoms with van der Waals surface area (Å²) in [6, 6.07) is 7.22. The lowest BCUT2D eigenvalue weighted by atomic mass is 10.3. The monoisotopic (exact) mass is 382 g/mol. The number of rotatable bonds is 2. The number of benzene rings is 2. The van der Waals surface area contributed by atoms with Crippen molar-refractivity contribution in [3.05, 3.63) is 55.4 Å². The van der Waals surface area contributed by atoms with E-state index in [-0.39, 0.29) is 15.7 Å². The van der Waals surface area contributed by atoms with E-state index in [9.17, 15) is 4.79 Å². The summed E-state index contributed by atoms with van der Waals surface area (Å²) in [5, 5.41) is 6.47. The molecule has 2 aromatic rings. The zero-order valence-electron chi connectivity index (χ0n) is 10.2. The highest BCUT2D eigenvalue weighted by Gasteiger charge is 2.13. The molecule has 0 spiro atoms. The first-order valence-corrected chi connectivity index (χ1v) is 7.44. The molecule has 0 saturated carbocycles. The van der Waals surface area contributed by atoms with Gasteiger partial charge in [-0.25, -0.2) is 4.79 Å². The van der Waals surface area contributed by atoms with Gasteiger partial charge in [-0.3, -0.25) is 0 Å². The summed E-state index contributed by atoms with van der Waals surface area (Å²) in [6.45, 7) is 0. The van der Waals surface area contributed by atoms with Crippen LogP contribution in [-0.2, 0) is 0 Å². The summed E-state index contributed by atoms with van der Waals surface area (Å²) in [6.07, 6.45) is 0. The van der Waals surface area contributed by atoms with Crippen molar-refractivity contribution in [3.8, 4) is 0 Å². The number of nitrogens with one attached hydrogen (secondary N) is 2. The van der Waals surface area contributed by atoms with Crippen molar-refractivity contribution in [3.63, 3.8) is 0 Å². The van der Waals surface area contributed by atoms with Gasteiger partial charge in [-0.1, -0.05) is 64.1 Å². The highest BCUT2D eigenvalue weighted by Crippen LogP contribution is 2.34. The van der Waals surface area contributed by atoms with Crippen LogP contribution in [0.15, 0.2) is 30.3 Å². The number of urea groups is 1. The minimum absolute atomic E-state index is 0.216. The van der Waals surface area contributed by atoms with Gasteiger partial charge in [0.15, 0.2) is 0 Å². The van der Waals surface area contributed by atoms with E-state index in [0.717, 1.165) is 0 Å². The number of hydrogen-bond donors (Lipinski definition) is 2. The Bertz CT molecular complexity index is 662. The predicted molar refractivity (Wildman–Crippen MR) is 90.6 cm³/mol. The molecule has 21 heavy (non-hydrogen) atoms. The molecule has 0 unspecified atom stereocenters. The van der Waals surface area contributed by atoms with E-state index < -0.39 is 6.03 Å². The molecule has 0 fully saturated rings. The number of carbonyl (C=O) groups excluding carboxylic acids is 1. The van der Waals surface area contributed by atoms with Crippen molar-refractivity contribution in [2.24, 2.45) is 0 Å². The van der Waals surface area contributed by atoms with Crippen LogP contribution in [0.2, 0.25) is 25.1 Å². The molecule has 0 bridgehead atoms. The summed E-state index contributed by atoms with van der Waals surface area (Å²) in [7, 11) is 0. The molecule has 0 atom stereocenters. The van der Waals surface area contributed by atoms with Gasteiger partial charge in [-0.2, -0.15) is 0 Å². The quantitative estimate of drug-likeness (QED) is 0.602. The van der Waals surface area contributed by atoms with Crippen LogP contribution < -0.4 is 10.6 Å².